The first-order valence-electron chi connectivity index (χ1n) is 8.64. The summed E-state index contributed by atoms with van der Waals surface area (Å²) in [6.45, 7) is 5.14. The van der Waals surface area contributed by atoms with E-state index in [1.807, 2.05) is 0 Å². The molecule has 1 amide bonds. The molecule has 5 heteroatoms. The number of ether oxygens (including phenoxy) is 1. The second-order valence-corrected chi connectivity index (χ2v) is 6.58. The minimum absolute atomic E-state index is 0.202. The van der Waals surface area contributed by atoms with E-state index in [2.05, 4.69) is 13.8 Å². The summed E-state index contributed by atoms with van der Waals surface area (Å²) in [5.41, 5.74) is 5.66. The van der Waals surface area contributed by atoms with Crippen LogP contribution in [0.25, 0.3) is 0 Å². The van der Waals surface area contributed by atoms with Crippen molar-refractivity contribution in [1.82, 2.24) is 0 Å². The highest BCUT2D eigenvalue weighted by atomic mass is 16.5. The van der Waals surface area contributed by atoms with Gasteiger partial charge in [0.15, 0.2) is 0 Å². The molecule has 0 saturated carbocycles. The summed E-state index contributed by atoms with van der Waals surface area (Å²) in [6, 6.07) is 6.84. The molecular formula is C19H29NO4. The average molecular weight is 335 g/mol. The lowest BCUT2D eigenvalue weighted by Crippen LogP contribution is -2.20. The van der Waals surface area contributed by atoms with E-state index in [9.17, 15) is 14.7 Å². The summed E-state index contributed by atoms with van der Waals surface area (Å²) < 4.78 is 5.67. The van der Waals surface area contributed by atoms with E-state index in [4.69, 9.17) is 10.5 Å². The molecule has 134 valence electrons. The van der Waals surface area contributed by atoms with Crippen LogP contribution in [0, 0.1) is 5.92 Å². The van der Waals surface area contributed by atoms with Crippen LogP contribution in [-0.2, 0) is 9.59 Å². The van der Waals surface area contributed by atoms with Crippen molar-refractivity contribution < 1.29 is 19.4 Å². The Hall–Kier alpha value is -2.04. The lowest BCUT2D eigenvalue weighted by Gasteiger charge is -2.12. The number of aliphatic carboxylic acids is 1. The molecule has 0 aliphatic carbocycles. The molecular weight excluding hydrogens is 306 g/mol. The number of primary amides is 1. The van der Waals surface area contributed by atoms with Crippen molar-refractivity contribution in [2.45, 2.75) is 58.3 Å². The van der Waals surface area contributed by atoms with Crippen molar-refractivity contribution in [3.8, 4) is 5.75 Å². The topological polar surface area (TPSA) is 89.6 Å². The highest BCUT2D eigenvalue weighted by Gasteiger charge is 2.22. The molecule has 0 radical (unpaired) electrons. The molecule has 0 spiro atoms. The second-order valence-electron chi connectivity index (χ2n) is 6.58. The van der Waals surface area contributed by atoms with E-state index in [0.29, 0.717) is 17.9 Å². The molecule has 0 bridgehead atoms. The Bertz CT molecular complexity index is 511. The fraction of sp³-hybridized carbons (Fsp3) is 0.579. The molecule has 1 aromatic carbocycles. The van der Waals surface area contributed by atoms with E-state index in [-0.39, 0.29) is 6.42 Å². The zero-order chi connectivity index (χ0) is 17.9. The van der Waals surface area contributed by atoms with Gasteiger partial charge in [0.2, 0.25) is 5.91 Å². The van der Waals surface area contributed by atoms with Gasteiger partial charge >= 0.3 is 5.97 Å². The summed E-state index contributed by atoms with van der Waals surface area (Å²) in [4.78, 5) is 22.2. The van der Waals surface area contributed by atoms with Crippen molar-refractivity contribution in [1.29, 1.82) is 0 Å². The number of hydrogen-bond acceptors (Lipinski definition) is 3. The van der Waals surface area contributed by atoms with Crippen LogP contribution in [0.5, 0.6) is 5.75 Å². The number of carboxylic acid groups (broad SMARTS) is 1. The van der Waals surface area contributed by atoms with Gasteiger partial charge < -0.3 is 15.6 Å². The summed E-state index contributed by atoms with van der Waals surface area (Å²) >= 11 is 0. The molecule has 0 aromatic heterocycles. The van der Waals surface area contributed by atoms with Gasteiger partial charge in [0.25, 0.3) is 0 Å². The predicted molar refractivity (Wildman–Crippen MR) is 94.0 cm³/mol. The SMILES string of the molecule is CC(C)CCCCCCOc1ccc([C@@H](CC(N)=O)C(=O)O)cc1. The monoisotopic (exact) mass is 335 g/mol. The van der Waals surface area contributed by atoms with Gasteiger partial charge in [-0.2, -0.15) is 0 Å². The molecule has 5 nitrogen and oxygen atoms in total. The third-order valence-electron chi connectivity index (χ3n) is 3.93. The molecule has 0 unspecified atom stereocenters. The van der Waals surface area contributed by atoms with Crippen LogP contribution in [0.2, 0.25) is 0 Å². The molecule has 0 saturated heterocycles. The maximum absolute atomic E-state index is 11.2. The van der Waals surface area contributed by atoms with Crippen molar-refractivity contribution in [3.05, 3.63) is 29.8 Å². The van der Waals surface area contributed by atoms with Crippen LogP contribution < -0.4 is 10.5 Å². The molecule has 0 aliphatic rings. The second kappa shape index (κ2) is 10.7. The number of hydrogen-bond donors (Lipinski definition) is 2. The van der Waals surface area contributed by atoms with E-state index in [0.717, 1.165) is 18.8 Å². The molecule has 3 N–H and O–H groups in total. The van der Waals surface area contributed by atoms with Crippen molar-refractivity contribution in [3.63, 3.8) is 0 Å². The Morgan fingerprint density at radius 2 is 1.71 bits per heavy atom. The maximum Gasteiger partial charge on any atom is 0.311 e. The quantitative estimate of drug-likeness (QED) is 0.570. The molecule has 1 rings (SSSR count). The first kappa shape index (κ1) is 20.0. The minimum atomic E-state index is -1.05. The summed E-state index contributed by atoms with van der Waals surface area (Å²) in [5, 5.41) is 9.18. The van der Waals surface area contributed by atoms with E-state index < -0.39 is 17.8 Å². The zero-order valence-electron chi connectivity index (χ0n) is 14.7. The molecule has 0 aliphatic heterocycles. The van der Waals surface area contributed by atoms with E-state index in [1.54, 1.807) is 24.3 Å². The standard InChI is InChI=1S/C19H29NO4/c1-14(2)7-5-3-4-6-12-24-16-10-8-15(9-11-16)17(19(22)23)13-18(20)21/h8-11,14,17H,3-7,12-13H2,1-2H3,(H2,20,21)(H,22,23)/t17-/m1/s1. The Kier molecular flexibility index (Phi) is 8.90. The van der Waals surface area contributed by atoms with Gasteiger partial charge in [-0.3, -0.25) is 9.59 Å². The van der Waals surface area contributed by atoms with Crippen molar-refractivity contribution in [2.24, 2.45) is 11.7 Å². The van der Waals surface area contributed by atoms with Crippen molar-refractivity contribution >= 4 is 11.9 Å². The smallest absolute Gasteiger partial charge is 0.311 e. The van der Waals surface area contributed by atoms with Crippen LogP contribution >= 0.6 is 0 Å². The Morgan fingerprint density at radius 3 is 2.25 bits per heavy atom. The summed E-state index contributed by atoms with van der Waals surface area (Å²) in [7, 11) is 0. The lowest BCUT2D eigenvalue weighted by molar-refractivity contribution is -0.140. The largest absolute Gasteiger partial charge is 0.494 e. The van der Waals surface area contributed by atoms with Crippen LogP contribution in [0.1, 0.15) is 63.9 Å². The summed E-state index contributed by atoms with van der Waals surface area (Å²) in [6.07, 6.45) is 5.74. The van der Waals surface area contributed by atoms with Crippen LogP contribution in [-0.4, -0.2) is 23.6 Å². The number of carboxylic acids is 1. The molecule has 24 heavy (non-hydrogen) atoms. The summed E-state index contributed by atoms with van der Waals surface area (Å²) in [5.74, 6) is -1.10. The average Bonchev–Trinajstić information content (AvgIpc) is 2.51. The predicted octanol–water partition coefficient (Wildman–Crippen LogP) is 3.72. The third kappa shape index (κ3) is 7.99. The minimum Gasteiger partial charge on any atom is -0.494 e. The number of rotatable bonds is 12. The van der Waals surface area contributed by atoms with Gasteiger partial charge in [-0.05, 0) is 30.0 Å². The van der Waals surface area contributed by atoms with Crippen molar-refractivity contribution in [2.75, 3.05) is 6.61 Å². The molecule has 1 aromatic rings. The number of amides is 1. The van der Waals surface area contributed by atoms with E-state index in [1.165, 1.54) is 19.3 Å². The Balaban J connectivity index is 2.36. The third-order valence-corrected chi connectivity index (χ3v) is 3.93. The van der Waals surface area contributed by atoms with Crippen LogP contribution in [0.4, 0.5) is 0 Å². The molecule has 0 heterocycles. The number of carbonyl (C=O) groups is 2. The van der Waals surface area contributed by atoms with Gasteiger partial charge in [0.1, 0.15) is 5.75 Å². The number of unbranched alkanes of at least 4 members (excludes halogenated alkanes) is 3. The van der Waals surface area contributed by atoms with Gasteiger partial charge in [-0.15, -0.1) is 0 Å². The number of nitrogens with two attached hydrogens (primary N) is 1. The lowest BCUT2D eigenvalue weighted by atomic mass is 9.95. The highest BCUT2D eigenvalue weighted by Crippen LogP contribution is 2.23. The maximum atomic E-state index is 11.2. The van der Waals surface area contributed by atoms with Crippen LogP contribution in [0.3, 0.4) is 0 Å². The van der Waals surface area contributed by atoms with Gasteiger partial charge in [-0.25, -0.2) is 0 Å². The first-order chi connectivity index (χ1) is 11.4. The Labute approximate surface area is 144 Å². The van der Waals surface area contributed by atoms with Crippen LogP contribution in [0.15, 0.2) is 24.3 Å². The van der Waals surface area contributed by atoms with Gasteiger partial charge in [0, 0.05) is 6.42 Å². The van der Waals surface area contributed by atoms with Gasteiger partial charge in [0.05, 0.1) is 12.5 Å². The highest BCUT2D eigenvalue weighted by molar-refractivity contribution is 5.84. The fourth-order valence-electron chi connectivity index (χ4n) is 2.54. The Morgan fingerprint density at radius 1 is 1.08 bits per heavy atom. The molecule has 0 fully saturated rings. The number of carbonyl (C=O) groups excluding carboxylic acids is 1. The fourth-order valence-corrected chi connectivity index (χ4v) is 2.54. The molecule has 1 atom stereocenters. The van der Waals surface area contributed by atoms with Gasteiger partial charge in [-0.1, -0.05) is 51.7 Å². The first-order valence-corrected chi connectivity index (χ1v) is 8.64. The zero-order valence-corrected chi connectivity index (χ0v) is 14.7. The van der Waals surface area contributed by atoms with E-state index >= 15 is 0 Å². The normalized spacial score (nSPS) is 12.1. The number of benzene rings is 1.